The number of nitrogens with two attached hydrogens (primary N) is 1. The van der Waals surface area contributed by atoms with Gasteiger partial charge in [0.15, 0.2) is 0 Å². The lowest BCUT2D eigenvalue weighted by molar-refractivity contribution is 0.0583. The summed E-state index contributed by atoms with van der Waals surface area (Å²) >= 11 is 0. The average molecular weight is 233 g/mol. The minimum absolute atomic E-state index is 0.0288. The van der Waals surface area contributed by atoms with Gasteiger partial charge >= 0.3 is 0 Å². The van der Waals surface area contributed by atoms with Gasteiger partial charge in [0, 0.05) is 36.6 Å². The van der Waals surface area contributed by atoms with Crippen LogP contribution in [-0.2, 0) is 0 Å². The number of hydrogen-bond donors (Lipinski definition) is 1. The number of carbonyl (C=O) groups is 1. The van der Waals surface area contributed by atoms with Crippen molar-refractivity contribution in [2.75, 3.05) is 6.54 Å². The summed E-state index contributed by atoms with van der Waals surface area (Å²) in [5.41, 5.74) is 6.67. The van der Waals surface area contributed by atoms with Gasteiger partial charge in [-0.2, -0.15) is 0 Å². The van der Waals surface area contributed by atoms with Crippen molar-refractivity contribution in [3.05, 3.63) is 30.1 Å². The zero-order valence-corrected chi connectivity index (χ0v) is 10.2. The first-order chi connectivity index (χ1) is 8.20. The molecule has 4 heteroatoms. The van der Waals surface area contributed by atoms with Crippen molar-refractivity contribution in [3.63, 3.8) is 0 Å². The predicted molar refractivity (Wildman–Crippen MR) is 66.6 cm³/mol. The Morgan fingerprint density at radius 3 is 2.82 bits per heavy atom. The highest BCUT2D eigenvalue weighted by Crippen LogP contribution is 2.21. The zero-order valence-electron chi connectivity index (χ0n) is 10.2. The van der Waals surface area contributed by atoms with E-state index in [-0.39, 0.29) is 18.0 Å². The largest absolute Gasteiger partial charge is 0.334 e. The summed E-state index contributed by atoms with van der Waals surface area (Å²) in [4.78, 5) is 18.2. The van der Waals surface area contributed by atoms with Gasteiger partial charge in [0.25, 0.3) is 5.91 Å². The molecule has 2 atom stereocenters. The zero-order chi connectivity index (χ0) is 12.3. The van der Waals surface area contributed by atoms with Crippen LogP contribution in [-0.4, -0.2) is 34.4 Å². The first-order valence-electron chi connectivity index (χ1n) is 6.16. The normalized spacial score (nSPS) is 22.2. The molecule has 2 unspecified atom stereocenters. The van der Waals surface area contributed by atoms with E-state index in [0.717, 1.165) is 25.8 Å². The lowest BCUT2D eigenvalue weighted by Crippen LogP contribution is -2.51. The van der Waals surface area contributed by atoms with Gasteiger partial charge in [-0.15, -0.1) is 0 Å². The summed E-state index contributed by atoms with van der Waals surface area (Å²) < 4.78 is 0. The van der Waals surface area contributed by atoms with Crippen LogP contribution in [0.1, 0.15) is 36.5 Å². The van der Waals surface area contributed by atoms with Crippen LogP contribution in [0.5, 0.6) is 0 Å². The van der Waals surface area contributed by atoms with Gasteiger partial charge in [0.2, 0.25) is 0 Å². The molecule has 2 rings (SSSR count). The van der Waals surface area contributed by atoms with E-state index >= 15 is 0 Å². The Morgan fingerprint density at radius 2 is 2.18 bits per heavy atom. The first kappa shape index (κ1) is 12.0. The Kier molecular flexibility index (Phi) is 3.74. The molecule has 1 aromatic heterocycles. The molecule has 0 aliphatic carbocycles. The molecule has 0 spiro atoms. The summed E-state index contributed by atoms with van der Waals surface area (Å²) in [5, 5.41) is 0. The minimum Gasteiger partial charge on any atom is -0.334 e. The number of amides is 1. The second-order valence-electron chi connectivity index (χ2n) is 4.66. The number of aromatic nitrogens is 1. The molecule has 4 nitrogen and oxygen atoms in total. The minimum atomic E-state index is 0.0288. The number of likely N-dealkylation sites (tertiary alicyclic amines) is 1. The SMILES string of the molecule is CC(N)C1CCCCN1C(=O)c1ccncc1. The highest BCUT2D eigenvalue weighted by Gasteiger charge is 2.29. The molecule has 1 aromatic rings. The lowest BCUT2D eigenvalue weighted by atomic mass is 9.96. The Balaban J connectivity index is 2.17. The maximum absolute atomic E-state index is 12.4. The standard InChI is InChI=1S/C13H19N3O/c1-10(14)12-4-2-3-9-16(12)13(17)11-5-7-15-8-6-11/h5-8,10,12H,2-4,9,14H2,1H3. The van der Waals surface area contributed by atoms with Crippen LogP contribution in [0.4, 0.5) is 0 Å². The van der Waals surface area contributed by atoms with Gasteiger partial charge in [0.05, 0.1) is 0 Å². The number of piperidine rings is 1. The van der Waals surface area contributed by atoms with Gasteiger partial charge < -0.3 is 10.6 Å². The molecule has 92 valence electrons. The third-order valence-corrected chi connectivity index (χ3v) is 3.34. The molecule has 1 aliphatic rings. The van der Waals surface area contributed by atoms with E-state index in [9.17, 15) is 4.79 Å². The van der Waals surface area contributed by atoms with Crippen molar-refractivity contribution >= 4 is 5.91 Å². The van der Waals surface area contributed by atoms with Crippen LogP contribution in [0.25, 0.3) is 0 Å². The quantitative estimate of drug-likeness (QED) is 0.840. The van der Waals surface area contributed by atoms with Crippen LogP contribution in [0, 0.1) is 0 Å². The molecule has 17 heavy (non-hydrogen) atoms. The first-order valence-corrected chi connectivity index (χ1v) is 6.16. The van der Waals surface area contributed by atoms with Crippen molar-refractivity contribution < 1.29 is 4.79 Å². The molecular formula is C13H19N3O. The highest BCUT2D eigenvalue weighted by atomic mass is 16.2. The maximum Gasteiger partial charge on any atom is 0.254 e. The second-order valence-corrected chi connectivity index (χ2v) is 4.66. The van der Waals surface area contributed by atoms with Crippen LogP contribution in [0.2, 0.25) is 0 Å². The number of carbonyl (C=O) groups excluding carboxylic acids is 1. The molecule has 0 saturated carbocycles. The van der Waals surface area contributed by atoms with Crippen LogP contribution in [0.15, 0.2) is 24.5 Å². The summed E-state index contributed by atoms with van der Waals surface area (Å²) in [6, 6.07) is 3.72. The van der Waals surface area contributed by atoms with Gasteiger partial charge in [0.1, 0.15) is 0 Å². The molecule has 2 N–H and O–H groups in total. The van der Waals surface area contributed by atoms with Gasteiger partial charge in [-0.25, -0.2) is 0 Å². The predicted octanol–water partition coefficient (Wildman–Crippen LogP) is 1.42. The molecule has 1 fully saturated rings. The number of hydrogen-bond acceptors (Lipinski definition) is 3. The van der Waals surface area contributed by atoms with Gasteiger partial charge in [-0.05, 0) is 38.3 Å². The lowest BCUT2D eigenvalue weighted by Gasteiger charge is -2.38. The van der Waals surface area contributed by atoms with Crippen molar-refractivity contribution in [3.8, 4) is 0 Å². The summed E-state index contributed by atoms with van der Waals surface area (Å²) in [6.45, 7) is 2.79. The molecule has 0 radical (unpaired) electrons. The van der Waals surface area contributed by atoms with E-state index in [1.807, 2.05) is 11.8 Å². The Labute approximate surface area is 102 Å². The number of rotatable bonds is 2. The third-order valence-electron chi connectivity index (χ3n) is 3.34. The Morgan fingerprint density at radius 1 is 1.47 bits per heavy atom. The molecule has 0 aromatic carbocycles. The second kappa shape index (κ2) is 5.27. The monoisotopic (exact) mass is 233 g/mol. The molecular weight excluding hydrogens is 214 g/mol. The fourth-order valence-corrected chi connectivity index (χ4v) is 2.42. The van der Waals surface area contributed by atoms with E-state index in [1.54, 1.807) is 24.5 Å². The summed E-state index contributed by atoms with van der Waals surface area (Å²) in [6.07, 6.45) is 6.54. The van der Waals surface area contributed by atoms with Crippen molar-refractivity contribution in [2.24, 2.45) is 5.73 Å². The van der Waals surface area contributed by atoms with Crippen LogP contribution in [0.3, 0.4) is 0 Å². The fourth-order valence-electron chi connectivity index (χ4n) is 2.42. The average Bonchev–Trinajstić information content (AvgIpc) is 2.39. The van der Waals surface area contributed by atoms with Crippen LogP contribution >= 0.6 is 0 Å². The van der Waals surface area contributed by atoms with Crippen molar-refractivity contribution in [1.82, 2.24) is 9.88 Å². The third kappa shape index (κ3) is 2.64. The van der Waals surface area contributed by atoms with E-state index < -0.39 is 0 Å². The van der Waals surface area contributed by atoms with Crippen molar-refractivity contribution in [1.29, 1.82) is 0 Å². The number of nitrogens with zero attached hydrogens (tertiary/aromatic N) is 2. The molecule has 1 aliphatic heterocycles. The molecule has 1 saturated heterocycles. The van der Waals surface area contributed by atoms with E-state index in [4.69, 9.17) is 5.73 Å². The summed E-state index contributed by atoms with van der Waals surface area (Å²) in [7, 11) is 0. The maximum atomic E-state index is 12.4. The highest BCUT2D eigenvalue weighted by molar-refractivity contribution is 5.94. The van der Waals surface area contributed by atoms with Crippen LogP contribution < -0.4 is 5.73 Å². The van der Waals surface area contributed by atoms with E-state index in [1.165, 1.54) is 0 Å². The Hall–Kier alpha value is -1.42. The van der Waals surface area contributed by atoms with Gasteiger partial charge in [-0.3, -0.25) is 9.78 Å². The summed E-state index contributed by atoms with van der Waals surface area (Å²) in [5.74, 6) is 0.0781. The van der Waals surface area contributed by atoms with E-state index in [0.29, 0.717) is 5.56 Å². The Bertz CT molecular complexity index is 378. The molecule has 2 heterocycles. The molecule has 1 amide bonds. The molecule has 0 bridgehead atoms. The fraction of sp³-hybridized carbons (Fsp3) is 0.538. The van der Waals surface area contributed by atoms with E-state index in [2.05, 4.69) is 4.98 Å². The number of pyridine rings is 1. The van der Waals surface area contributed by atoms with Crippen molar-refractivity contribution in [2.45, 2.75) is 38.3 Å². The smallest absolute Gasteiger partial charge is 0.254 e. The topological polar surface area (TPSA) is 59.2 Å². The van der Waals surface area contributed by atoms with Gasteiger partial charge in [-0.1, -0.05) is 0 Å².